The second-order valence-corrected chi connectivity index (χ2v) is 12.6. The number of urea groups is 1. The number of primary sulfonamides is 1. The Morgan fingerprint density at radius 1 is 1.08 bits per heavy atom. The van der Waals surface area contributed by atoms with Crippen LogP contribution >= 0.6 is 11.8 Å². The van der Waals surface area contributed by atoms with E-state index in [4.69, 9.17) is 5.14 Å². The Bertz CT molecular complexity index is 1400. The molecule has 15 heteroatoms. The fourth-order valence-corrected chi connectivity index (χ4v) is 6.52. The number of rotatable bonds is 7. The summed E-state index contributed by atoms with van der Waals surface area (Å²) in [5, 5.41) is 31.3. The number of phenolic OH excluding ortho intramolecular Hbond substituents is 1. The molecule has 13 nitrogen and oxygen atoms in total. The number of aliphatic carboxylic acids is 1. The SMILES string of the molecule is CC1(C)S[C@@H]2[C@H](NC(=O)[C@H](NC(=O)Nc3ccc(S(N)(=O)=O)cc3)c3ccc(O)cc3)C(=O)N2[C@H]1C(=O)O. The number of hydrogen-bond acceptors (Lipinski definition) is 8. The number of nitrogens with two attached hydrogens (primary N) is 1. The minimum atomic E-state index is -3.92. The van der Waals surface area contributed by atoms with Crippen LogP contribution in [0.25, 0.3) is 0 Å². The van der Waals surface area contributed by atoms with Crippen LogP contribution in [0.3, 0.4) is 0 Å². The third kappa shape index (κ3) is 5.25. The molecule has 38 heavy (non-hydrogen) atoms. The minimum Gasteiger partial charge on any atom is -0.508 e. The zero-order chi connectivity index (χ0) is 28.0. The van der Waals surface area contributed by atoms with Gasteiger partial charge in [-0.1, -0.05) is 12.1 Å². The summed E-state index contributed by atoms with van der Waals surface area (Å²) in [7, 11) is -3.92. The molecule has 4 rings (SSSR count). The van der Waals surface area contributed by atoms with Crippen molar-refractivity contribution in [3.8, 4) is 5.75 Å². The van der Waals surface area contributed by atoms with Crippen molar-refractivity contribution < 1.29 is 37.8 Å². The number of benzene rings is 2. The Hall–Kier alpha value is -3.82. The predicted molar refractivity (Wildman–Crippen MR) is 136 cm³/mol. The number of carbonyl (C=O) groups is 4. The van der Waals surface area contributed by atoms with E-state index in [-0.39, 0.29) is 16.3 Å². The number of aromatic hydroxyl groups is 1. The van der Waals surface area contributed by atoms with Gasteiger partial charge in [0.1, 0.15) is 29.2 Å². The van der Waals surface area contributed by atoms with Crippen LogP contribution in [0.2, 0.25) is 0 Å². The number of amides is 4. The lowest BCUT2D eigenvalue weighted by Crippen LogP contribution is -2.71. The summed E-state index contributed by atoms with van der Waals surface area (Å²) in [4.78, 5) is 51.6. The predicted octanol–water partition coefficient (Wildman–Crippen LogP) is 0.534. The van der Waals surface area contributed by atoms with Crippen molar-refractivity contribution in [1.29, 1.82) is 0 Å². The third-order valence-electron chi connectivity index (χ3n) is 6.18. The Kier molecular flexibility index (Phi) is 7.03. The molecule has 2 saturated heterocycles. The normalized spacial score (nSPS) is 22.6. The zero-order valence-corrected chi connectivity index (χ0v) is 21.7. The number of carbonyl (C=O) groups excluding carboxylic acids is 3. The molecule has 4 amide bonds. The average molecular weight is 564 g/mol. The van der Waals surface area contributed by atoms with Gasteiger partial charge in [0.2, 0.25) is 21.8 Å². The minimum absolute atomic E-state index is 0.0681. The van der Waals surface area contributed by atoms with E-state index < -0.39 is 62.1 Å². The zero-order valence-electron chi connectivity index (χ0n) is 20.1. The van der Waals surface area contributed by atoms with E-state index in [1.54, 1.807) is 13.8 Å². The van der Waals surface area contributed by atoms with Crippen LogP contribution in [0.4, 0.5) is 10.5 Å². The van der Waals surface area contributed by atoms with Gasteiger partial charge in [0, 0.05) is 10.4 Å². The molecule has 2 fully saturated rings. The highest BCUT2D eigenvalue weighted by atomic mass is 32.2. The highest BCUT2D eigenvalue weighted by Crippen LogP contribution is 2.50. The molecule has 2 aromatic carbocycles. The van der Waals surface area contributed by atoms with Gasteiger partial charge in [0.25, 0.3) is 0 Å². The fraction of sp³-hybridized carbons (Fsp3) is 0.304. The van der Waals surface area contributed by atoms with Gasteiger partial charge in [-0.05, 0) is 55.8 Å². The molecule has 2 aliphatic rings. The van der Waals surface area contributed by atoms with Gasteiger partial charge in [0.15, 0.2) is 0 Å². The molecule has 0 saturated carbocycles. The van der Waals surface area contributed by atoms with E-state index in [1.165, 1.54) is 65.2 Å². The molecule has 2 aliphatic heterocycles. The van der Waals surface area contributed by atoms with E-state index in [1.807, 2.05) is 0 Å². The summed E-state index contributed by atoms with van der Waals surface area (Å²) in [6, 6.07) is 6.37. The van der Waals surface area contributed by atoms with Crippen LogP contribution in [0.5, 0.6) is 5.75 Å². The first-order valence-electron chi connectivity index (χ1n) is 11.2. The van der Waals surface area contributed by atoms with Gasteiger partial charge in [-0.3, -0.25) is 9.59 Å². The summed E-state index contributed by atoms with van der Waals surface area (Å²) < 4.78 is 22.1. The van der Waals surface area contributed by atoms with Crippen molar-refractivity contribution in [2.45, 2.75) is 47.0 Å². The van der Waals surface area contributed by atoms with Crippen molar-refractivity contribution in [3.05, 3.63) is 54.1 Å². The first kappa shape index (κ1) is 27.2. The molecule has 4 atom stereocenters. The molecule has 0 bridgehead atoms. The lowest BCUT2D eigenvalue weighted by atomic mass is 9.95. The monoisotopic (exact) mass is 563 g/mol. The molecule has 0 unspecified atom stereocenters. The van der Waals surface area contributed by atoms with Crippen molar-refractivity contribution >= 4 is 51.3 Å². The van der Waals surface area contributed by atoms with Gasteiger partial charge in [-0.15, -0.1) is 11.8 Å². The summed E-state index contributed by atoms with van der Waals surface area (Å²) in [6.45, 7) is 3.42. The Morgan fingerprint density at radius 2 is 1.68 bits per heavy atom. The highest BCUT2D eigenvalue weighted by Gasteiger charge is 2.64. The maximum absolute atomic E-state index is 13.3. The van der Waals surface area contributed by atoms with Gasteiger partial charge >= 0.3 is 12.0 Å². The number of sulfonamides is 1. The molecule has 7 N–H and O–H groups in total. The maximum atomic E-state index is 13.3. The van der Waals surface area contributed by atoms with Crippen LogP contribution in [0.1, 0.15) is 25.5 Å². The third-order valence-corrected chi connectivity index (χ3v) is 8.68. The van der Waals surface area contributed by atoms with E-state index in [0.29, 0.717) is 5.56 Å². The quantitative estimate of drug-likeness (QED) is 0.259. The summed E-state index contributed by atoms with van der Waals surface area (Å²) >= 11 is 1.26. The second-order valence-electron chi connectivity index (χ2n) is 9.28. The molecule has 0 aliphatic carbocycles. The Morgan fingerprint density at radius 3 is 2.24 bits per heavy atom. The number of anilines is 1. The second kappa shape index (κ2) is 9.81. The summed E-state index contributed by atoms with van der Waals surface area (Å²) in [6.07, 6.45) is 0. The van der Waals surface area contributed by atoms with Crippen molar-refractivity contribution in [2.75, 3.05) is 5.32 Å². The smallest absolute Gasteiger partial charge is 0.327 e. The number of thioether (sulfide) groups is 1. The fourth-order valence-electron chi connectivity index (χ4n) is 4.38. The van der Waals surface area contributed by atoms with Crippen LogP contribution in [-0.4, -0.2) is 69.6 Å². The number of β-lactam (4-membered cyclic amide) rings is 1. The van der Waals surface area contributed by atoms with Gasteiger partial charge in [-0.25, -0.2) is 23.1 Å². The molecule has 0 spiro atoms. The van der Waals surface area contributed by atoms with Crippen molar-refractivity contribution in [2.24, 2.45) is 5.14 Å². The molecule has 202 valence electrons. The van der Waals surface area contributed by atoms with Crippen LogP contribution in [-0.2, 0) is 24.4 Å². The van der Waals surface area contributed by atoms with Gasteiger partial charge < -0.3 is 31.1 Å². The van der Waals surface area contributed by atoms with Gasteiger partial charge in [0.05, 0.1) is 4.90 Å². The highest BCUT2D eigenvalue weighted by molar-refractivity contribution is 8.01. The number of carboxylic acid groups (broad SMARTS) is 1. The van der Waals surface area contributed by atoms with E-state index in [0.717, 1.165) is 0 Å². The average Bonchev–Trinajstić information content (AvgIpc) is 3.09. The summed E-state index contributed by atoms with van der Waals surface area (Å²) in [5.74, 6) is -2.48. The van der Waals surface area contributed by atoms with Crippen molar-refractivity contribution in [3.63, 3.8) is 0 Å². The number of hydrogen-bond donors (Lipinski definition) is 6. The van der Waals surface area contributed by atoms with Crippen LogP contribution in [0, 0.1) is 0 Å². The molecular weight excluding hydrogens is 538 g/mol. The van der Waals surface area contributed by atoms with E-state index in [9.17, 15) is 37.8 Å². The summed E-state index contributed by atoms with van der Waals surface area (Å²) in [5.41, 5.74) is 0.514. The Balaban J connectivity index is 1.50. The topological polar surface area (TPSA) is 208 Å². The van der Waals surface area contributed by atoms with Crippen molar-refractivity contribution in [1.82, 2.24) is 15.5 Å². The largest absolute Gasteiger partial charge is 0.508 e. The molecule has 2 heterocycles. The number of phenols is 1. The first-order valence-corrected chi connectivity index (χ1v) is 13.6. The van der Waals surface area contributed by atoms with E-state index in [2.05, 4.69) is 16.0 Å². The first-order chi connectivity index (χ1) is 17.7. The van der Waals surface area contributed by atoms with Crippen LogP contribution in [0.15, 0.2) is 53.4 Å². The van der Waals surface area contributed by atoms with Crippen LogP contribution < -0.4 is 21.1 Å². The molecule has 2 aromatic rings. The van der Waals surface area contributed by atoms with Gasteiger partial charge in [-0.2, -0.15) is 0 Å². The lowest BCUT2D eigenvalue weighted by Gasteiger charge is -2.44. The number of fused-ring (bicyclic) bond motifs is 1. The number of carboxylic acids is 1. The van der Waals surface area contributed by atoms with E-state index >= 15 is 0 Å². The number of nitrogens with one attached hydrogen (secondary N) is 3. The number of nitrogens with zero attached hydrogens (tertiary/aromatic N) is 1. The molecular formula is C23H25N5O8S2. The molecule has 0 radical (unpaired) electrons. The maximum Gasteiger partial charge on any atom is 0.327 e. The standard InChI is InChI=1S/C23H25N5O8S2/c1-23(2)17(21(32)33)28-19(31)16(20(28)37-23)26-18(30)15(11-3-7-13(29)8-4-11)27-22(34)25-12-5-9-14(10-6-12)38(24,35)36/h3-10,15-17,20,29H,1-2H3,(H,26,30)(H,32,33)(H2,24,35,36)(H2,25,27,34)/t15-,16-,17+,20-/m1/s1. The molecule has 0 aromatic heterocycles. The lowest BCUT2D eigenvalue weighted by molar-refractivity contribution is -0.161. The Labute approximate surface area is 221 Å².